The molecule has 0 spiro atoms. The zero-order chi connectivity index (χ0) is 17.4. The van der Waals surface area contributed by atoms with Crippen LogP contribution in [0.5, 0.6) is 5.75 Å². The van der Waals surface area contributed by atoms with Crippen molar-refractivity contribution in [2.45, 2.75) is 12.5 Å². The minimum Gasteiger partial charge on any atom is -0.410 e. The van der Waals surface area contributed by atoms with Crippen LogP contribution in [0.3, 0.4) is 0 Å². The summed E-state index contributed by atoms with van der Waals surface area (Å²) >= 11 is 0. The summed E-state index contributed by atoms with van der Waals surface area (Å²) in [6.45, 7) is 0. The highest BCUT2D eigenvalue weighted by Gasteiger charge is 2.23. The van der Waals surface area contributed by atoms with E-state index in [4.69, 9.17) is 4.74 Å². The molecule has 10 nitrogen and oxygen atoms in total. The molecular weight excluding hydrogens is 308 g/mol. The van der Waals surface area contributed by atoms with E-state index in [1.165, 1.54) is 38.4 Å². The van der Waals surface area contributed by atoms with Crippen molar-refractivity contribution in [2.75, 3.05) is 14.1 Å². The maximum atomic E-state index is 11.8. The van der Waals surface area contributed by atoms with Crippen LogP contribution in [0.15, 0.2) is 24.3 Å². The molecule has 1 atom stereocenters. The molecule has 1 rings (SSSR count). The molecule has 23 heavy (non-hydrogen) atoms. The number of nitro groups is 1. The molecule has 1 aromatic rings. The third-order valence-electron chi connectivity index (χ3n) is 2.78. The lowest BCUT2D eigenvalue weighted by Crippen LogP contribution is -2.48. The second-order valence-corrected chi connectivity index (χ2v) is 4.33. The smallest absolute Gasteiger partial charge is 0.410 e. The van der Waals surface area contributed by atoms with Crippen molar-refractivity contribution in [3.8, 4) is 5.75 Å². The van der Waals surface area contributed by atoms with E-state index in [1.54, 1.807) is 0 Å². The van der Waals surface area contributed by atoms with Crippen LogP contribution in [0.2, 0.25) is 0 Å². The topological polar surface area (TPSA) is 140 Å². The standard InChI is InChI=1S/C13H16N4O6/c1-14-11(18)7-10(12(19)15-2)16-13(20)23-9-5-3-8(4-6-9)17(21)22/h3-6,10H,7H2,1-2H3,(H,14,18)(H,15,19)(H,16,20). The van der Waals surface area contributed by atoms with Crippen molar-refractivity contribution in [1.82, 2.24) is 16.0 Å². The lowest BCUT2D eigenvalue weighted by Gasteiger charge is -2.16. The Bertz CT molecular complexity index is 601. The van der Waals surface area contributed by atoms with Crippen LogP contribution in [-0.2, 0) is 9.59 Å². The third kappa shape index (κ3) is 5.61. The lowest BCUT2D eigenvalue weighted by molar-refractivity contribution is -0.384. The highest BCUT2D eigenvalue weighted by atomic mass is 16.6. The van der Waals surface area contributed by atoms with E-state index >= 15 is 0 Å². The first-order valence-corrected chi connectivity index (χ1v) is 6.52. The van der Waals surface area contributed by atoms with Crippen LogP contribution in [0, 0.1) is 10.1 Å². The van der Waals surface area contributed by atoms with Gasteiger partial charge in [0.1, 0.15) is 11.8 Å². The van der Waals surface area contributed by atoms with Gasteiger partial charge in [0.05, 0.1) is 11.3 Å². The van der Waals surface area contributed by atoms with Gasteiger partial charge in [0.25, 0.3) is 5.69 Å². The van der Waals surface area contributed by atoms with E-state index in [0.29, 0.717) is 0 Å². The number of hydrogen-bond acceptors (Lipinski definition) is 6. The second kappa shape index (κ2) is 8.32. The minimum absolute atomic E-state index is 0.0590. The second-order valence-electron chi connectivity index (χ2n) is 4.33. The highest BCUT2D eigenvalue weighted by molar-refractivity contribution is 5.90. The number of carbonyl (C=O) groups excluding carboxylic acids is 3. The SMILES string of the molecule is CNC(=O)CC(NC(=O)Oc1ccc([N+](=O)[O-])cc1)C(=O)NC. The normalized spacial score (nSPS) is 11.0. The zero-order valence-corrected chi connectivity index (χ0v) is 12.5. The molecule has 0 fully saturated rings. The van der Waals surface area contributed by atoms with Gasteiger partial charge in [0.15, 0.2) is 0 Å². The molecule has 0 aliphatic heterocycles. The van der Waals surface area contributed by atoms with Crippen LogP contribution in [0.1, 0.15) is 6.42 Å². The molecule has 0 aliphatic rings. The van der Waals surface area contributed by atoms with Gasteiger partial charge in [0, 0.05) is 26.2 Å². The molecule has 1 aromatic carbocycles. The van der Waals surface area contributed by atoms with Crippen LogP contribution >= 0.6 is 0 Å². The summed E-state index contributed by atoms with van der Waals surface area (Å²) in [6, 6.07) is 3.72. The van der Waals surface area contributed by atoms with Gasteiger partial charge in [-0.2, -0.15) is 0 Å². The van der Waals surface area contributed by atoms with E-state index < -0.39 is 28.9 Å². The Morgan fingerprint density at radius 1 is 1.17 bits per heavy atom. The number of amides is 3. The monoisotopic (exact) mass is 324 g/mol. The fourth-order valence-electron chi connectivity index (χ4n) is 1.59. The molecule has 0 heterocycles. The van der Waals surface area contributed by atoms with Crippen LogP contribution in [-0.4, -0.2) is 43.0 Å². The number of likely N-dealkylation sites (N-methyl/N-ethyl adjacent to an activating group) is 1. The van der Waals surface area contributed by atoms with E-state index in [1.807, 2.05) is 0 Å². The number of benzene rings is 1. The van der Waals surface area contributed by atoms with E-state index in [2.05, 4.69) is 16.0 Å². The number of hydrogen-bond donors (Lipinski definition) is 3. The van der Waals surface area contributed by atoms with Gasteiger partial charge in [-0.15, -0.1) is 0 Å². The predicted molar refractivity (Wildman–Crippen MR) is 78.8 cm³/mol. The molecule has 0 radical (unpaired) electrons. The Morgan fingerprint density at radius 2 is 1.78 bits per heavy atom. The van der Waals surface area contributed by atoms with Crippen molar-refractivity contribution >= 4 is 23.6 Å². The van der Waals surface area contributed by atoms with Gasteiger partial charge in [-0.3, -0.25) is 19.7 Å². The largest absolute Gasteiger partial charge is 0.413 e. The number of nitrogens with one attached hydrogen (secondary N) is 3. The fourth-order valence-corrected chi connectivity index (χ4v) is 1.59. The number of non-ortho nitro benzene ring substituents is 1. The van der Waals surface area contributed by atoms with Gasteiger partial charge >= 0.3 is 6.09 Å². The van der Waals surface area contributed by atoms with Gasteiger partial charge in [-0.25, -0.2) is 4.79 Å². The van der Waals surface area contributed by atoms with Crippen molar-refractivity contribution < 1.29 is 24.0 Å². The fraction of sp³-hybridized carbons (Fsp3) is 0.308. The average Bonchev–Trinajstić information content (AvgIpc) is 2.53. The summed E-state index contributed by atoms with van der Waals surface area (Å²) in [5.41, 5.74) is -0.152. The molecule has 0 aliphatic carbocycles. The summed E-state index contributed by atoms with van der Waals surface area (Å²) in [7, 11) is 2.76. The molecule has 10 heteroatoms. The minimum atomic E-state index is -1.11. The first kappa shape index (κ1) is 17.9. The lowest BCUT2D eigenvalue weighted by atomic mass is 10.2. The number of nitrogens with zero attached hydrogens (tertiary/aromatic N) is 1. The summed E-state index contributed by atoms with van der Waals surface area (Å²) < 4.78 is 4.91. The quantitative estimate of drug-likeness (QED) is 0.494. The molecule has 3 amide bonds. The van der Waals surface area contributed by atoms with Crippen molar-refractivity contribution in [3.63, 3.8) is 0 Å². The van der Waals surface area contributed by atoms with Crippen molar-refractivity contribution in [2.24, 2.45) is 0 Å². The summed E-state index contributed by atoms with van der Waals surface area (Å²) in [6.07, 6.45) is -1.22. The Morgan fingerprint density at radius 3 is 2.26 bits per heavy atom. The number of rotatable bonds is 6. The van der Waals surface area contributed by atoms with Crippen LogP contribution < -0.4 is 20.7 Å². The van der Waals surface area contributed by atoms with E-state index in [0.717, 1.165) is 0 Å². The van der Waals surface area contributed by atoms with E-state index in [9.17, 15) is 24.5 Å². The molecule has 3 N–H and O–H groups in total. The first-order valence-electron chi connectivity index (χ1n) is 6.52. The van der Waals surface area contributed by atoms with Crippen molar-refractivity contribution in [3.05, 3.63) is 34.4 Å². The van der Waals surface area contributed by atoms with Gasteiger partial charge in [-0.1, -0.05) is 0 Å². The van der Waals surface area contributed by atoms with Crippen LogP contribution in [0.25, 0.3) is 0 Å². The van der Waals surface area contributed by atoms with E-state index in [-0.39, 0.29) is 17.9 Å². The Balaban J connectivity index is 2.69. The van der Waals surface area contributed by atoms with Gasteiger partial charge < -0.3 is 20.7 Å². The van der Waals surface area contributed by atoms with Crippen LogP contribution in [0.4, 0.5) is 10.5 Å². The molecule has 0 saturated heterocycles. The molecular formula is C13H16N4O6. The summed E-state index contributed by atoms with van der Waals surface area (Å²) in [4.78, 5) is 44.7. The first-order chi connectivity index (χ1) is 10.9. The highest BCUT2D eigenvalue weighted by Crippen LogP contribution is 2.17. The Labute approximate surface area is 131 Å². The third-order valence-corrected chi connectivity index (χ3v) is 2.78. The number of carbonyl (C=O) groups is 3. The molecule has 1 unspecified atom stereocenters. The molecule has 0 saturated carbocycles. The van der Waals surface area contributed by atoms with Gasteiger partial charge in [-0.05, 0) is 12.1 Å². The molecule has 0 aromatic heterocycles. The number of nitro benzene ring substituents is 1. The summed E-state index contributed by atoms with van der Waals surface area (Å²) in [5.74, 6) is -0.938. The maximum absolute atomic E-state index is 11.8. The predicted octanol–water partition coefficient (Wildman–Crippen LogP) is -0.0661. The maximum Gasteiger partial charge on any atom is 0.413 e. The Hall–Kier alpha value is -3.17. The summed E-state index contributed by atoms with van der Waals surface area (Å²) in [5, 5.41) is 17.4. The molecule has 124 valence electrons. The zero-order valence-electron chi connectivity index (χ0n) is 12.5. The average molecular weight is 324 g/mol. The molecule has 0 bridgehead atoms. The van der Waals surface area contributed by atoms with Gasteiger partial charge in [0.2, 0.25) is 11.8 Å². The van der Waals surface area contributed by atoms with Crippen molar-refractivity contribution in [1.29, 1.82) is 0 Å². The Kier molecular flexibility index (Phi) is 6.46. The number of ether oxygens (including phenoxy) is 1.